The van der Waals surface area contributed by atoms with E-state index in [1.807, 2.05) is 37.3 Å². The molecular formula is C25H26FN5O4. The summed E-state index contributed by atoms with van der Waals surface area (Å²) in [5.74, 6) is -1.97. The number of pyridine rings is 2. The maximum atomic E-state index is 15.3. The molecule has 1 unspecified atom stereocenters. The molecule has 182 valence electrons. The number of nitrogens with zero attached hydrogens (tertiary/aromatic N) is 4. The molecule has 35 heavy (non-hydrogen) atoms. The summed E-state index contributed by atoms with van der Waals surface area (Å²) in [6.45, 7) is 3.15. The Morgan fingerprint density at radius 1 is 1.34 bits per heavy atom. The summed E-state index contributed by atoms with van der Waals surface area (Å²) in [5, 5.41) is 13.7. The summed E-state index contributed by atoms with van der Waals surface area (Å²) in [6.07, 6.45) is 3.00. The standard InChI is InChI=1S/C25H26FN5O4/c1-25(13-27)14-30(11-20(25)29-35-12-15-5-3-2-4-6-15)23-19(26)9-17-21(32)18(24(33)34)10-31(16-7-8-16)22(17)28-23/h2-6,9-10,16H,7-8,11-14,27H2,1H3,(H,33,34). The van der Waals surface area contributed by atoms with Crippen molar-refractivity contribution in [3.63, 3.8) is 0 Å². The number of benzene rings is 1. The third-order valence-corrected chi connectivity index (χ3v) is 6.69. The quantitative estimate of drug-likeness (QED) is 0.500. The first-order chi connectivity index (χ1) is 16.8. The predicted molar refractivity (Wildman–Crippen MR) is 129 cm³/mol. The zero-order valence-corrected chi connectivity index (χ0v) is 19.3. The van der Waals surface area contributed by atoms with Gasteiger partial charge in [-0.1, -0.05) is 42.4 Å². The van der Waals surface area contributed by atoms with Crippen molar-refractivity contribution in [3.8, 4) is 0 Å². The van der Waals surface area contributed by atoms with Crippen LogP contribution < -0.4 is 16.1 Å². The van der Waals surface area contributed by atoms with Gasteiger partial charge in [0.15, 0.2) is 11.6 Å². The number of aromatic nitrogens is 2. The van der Waals surface area contributed by atoms with Crippen LogP contribution in [0.4, 0.5) is 10.2 Å². The van der Waals surface area contributed by atoms with Gasteiger partial charge in [-0.2, -0.15) is 0 Å². The highest BCUT2D eigenvalue weighted by molar-refractivity contribution is 5.97. The Labute approximate surface area is 200 Å². The first kappa shape index (κ1) is 23.0. The van der Waals surface area contributed by atoms with E-state index in [2.05, 4.69) is 10.1 Å². The number of oxime groups is 1. The Kier molecular flexibility index (Phi) is 5.76. The third-order valence-electron chi connectivity index (χ3n) is 6.69. The van der Waals surface area contributed by atoms with E-state index in [1.54, 1.807) is 9.47 Å². The summed E-state index contributed by atoms with van der Waals surface area (Å²) < 4.78 is 17.0. The molecule has 0 spiro atoms. The van der Waals surface area contributed by atoms with Crippen molar-refractivity contribution in [2.75, 3.05) is 24.5 Å². The average Bonchev–Trinajstić information content (AvgIpc) is 3.63. The maximum Gasteiger partial charge on any atom is 0.341 e. The van der Waals surface area contributed by atoms with Crippen LogP contribution in [0.25, 0.3) is 11.0 Å². The number of rotatable bonds is 7. The second-order valence-corrected chi connectivity index (χ2v) is 9.40. The molecule has 2 aromatic heterocycles. The molecule has 3 heterocycles. The number of carboxylic acid groups (broad SMARTS) is 1. The van der Waals surface area contributed by atoms with E-state index in [0.29, 0.717) is 18.9 Å². The zero-order chi connectivity index (χ0) is 24.7. The van der Waals surface area contributed by atoms with Gasteiger partial charge < -0.3 is 25.1 Å². The molecule has 1 saturated carbocycles. The lowest BCUT2D eigenvalue weighted by molar-refractivity contribution is 0.0695. The molecule has 0 radical (unpaired) electrons. The maximum absolute atomic E-state index is 15.3. The van der Waals surface area contributed by atoms with Crippen LogP contribution in [0.15, 0.2) is 52.5 Å². The molecule has 3 N–H and O–H groups in total. The summed E-state index contributed by atoms with van der Waals surface area (Å²) in [6, 6.07) is 10.8. The molecule has 5 rings (SSSR count). The second-order valence-electron chi connectivity index (χ2n) is 9.40. The number of fused-ring (bicyclic) bond motifs is 1. The lowest BCUT2D eigenvalue weighted by atomic mass is 9.88. The Morgan fingerprint density at radius 2 is 2.09 bits per heavy atom. The molecule has 1 aliphatic carbocycles. The van der Waals surface area contributed by atoms with Gasteiger partial charge >= 0.3 is 5.97 Å². The first-order valence-electron chi connectivity index (χ1n) is 11.5. The van der Waals surface area contributed by atoms with Gasteiger partial charge in [0.1, 0.15) is 17.8 Å². The smallest absolute Gasteiger partial charge is 0.341 e. The molecule has 3 aromatic rings. The van der Waals surface area contributed by atoms with Crippen LogP contribution in [0.1, 0.15) is 41.7 Å². The Hall–Kier alpha value is -3.79. The van der Waals surface area contributed by atoms with Crippen molar-refractivity contribution in [1.29, 1.82) is 0 Å². The van der Waals surface area contributed by atoms with Gasteiger partial charge in [0.05, 0.1) is 17.6 Å². The molecule has 0 amide bonds. The molecule has 0 bridgehead atoms. The van der Waals surface area contributed by atoms with E-state index in [4.69, 9.17) is 10.6 Å². The van der Waals surface area contributed by atoms with Gasteiger partial charge in [-0.25, -0.2) is 14.2 Å². The van der Waals surface area contributed by atoms with Gasteiger partial charge in [-0.05, 0) is 24.5 Å². The Balaban J connectivity index is 1.50. The third kappa shape index (κ3) is 4.25. The van der Waals surface area contributed by atoms with Crippen molar-refractivity contribution < 1.29 is 19.1 Å². The van der Waals surface area contributed by atoms with E-state index in [-0.39, 0.29) is 41.5 Å². The van der Waals surface area contributed by atoms with Gasteiger partial charge in [0, 0.05) is 30.7 Å². The van der Waals surface area contributed by atoms with E-state index < -0.39 is 22.6 Å². The van der Waals surface area contributed by atoms with Gasteiger partial charge in [-0.3, -0.25) is 4.79 Å². The number of nitrogens with two attached hydrogens (primary N) is 1. The van der Waals surface area contributed by atoms with E-state index in [1.165, 1.54) is 6.20 Å². The van der Waals surface area contributed by atoms with Crippen molar-refractivity contribution in [3.05, 3.63) is 69.8 Å². The van der Waals surface area contributed by atoms with Gasteiger partial charge in [0.25, 0.3) is 0 Å². The molecule has 9 nitrogen and oxygen atoms in total. The van der Waals surface area contributed by atoms with Gasteiger partial charge in [0.2, 0.25) is 5.43 Å². The van der Waals surface area contributed by atoms with E-state index in [9.17, 15) is 14.7 Å². The lowest BCUT2D eigenvalue weighted by Gasteiger charge is -2.23. The highest BCUT2D eigenvalue weighted by Crippen LogP contribution is 2.38. The number of carbonyl (C=O) groups is 1. The van der Waals surface area contributed by atoms with Crippen LogP contribution in [0.5, 0.6) is 0 Å². The van der Waals surface area contributed by atoms with E-state index in [0.717, 1.165) is 24.5 Å². The topological polar surface area (TPSA) is 123 Å². The normalized spacial score (nSPS) is 21.1. The fourth-order valence-corrected chi connectivity index (χ4v) is 4.41. The molecule has 2 aliphatic rings. The highest BCUT2D eigenvalue weighted by atomic mass is 19.1. The van der Waals surface area contributed by atoms with Crippen molar-refractivity contribution in [2.24, 2.45) is 16.3 Å². The summed E-state index contributed by atoms with van der Waals surface area (Å²) >= 11 is 0. The molecule has 1 aliphatic heterocycles. The summed E-state index contributed by atoms with van der Waals surface area (Å²) in [7, 11) is 0. The number of anilines is 1. The van der Waals surface area contributed by atoms with Crippen LogP contribution in [-0.4, -0.2) is 46.0 Å². The predicted octanol–water partition coefficient (Wildman–Crippen LogP) is 2.93. The summed E-state index contributed by atoms with van der Waals surface area (Å²) in [5.41, 5.74) is 6.31. The Bertz CT molecular complexity index is 1390. The minimum absolute atomic E-state index is 0.0402. The largest absolute Gasteiger partial charge is 0.477 e. The van der Waals surface area contributed by atoms with Crippen LogP contribution in [0.3, 0.4) is 0 Å². The molecule has 2 fully saturated rings. The fourth-order valence-electron chi connectivity index (χ4n) is 4.41. The number of carboxylic acids is 1. The molecular weight excluding hydrogens is 453 g/mol. The van der Waals surface area contributed by atoms with E-state index >= 15 is 4.39 Å². The lowest BCUT2D eigenvalue weighted by Crippen LogP contribution is -2.36. The van der Waals surface area contributed by atoms with Gasteiger partial charge in [-0.15, -0.1) is 0 Å². The molecule has 10 heteroatoms. The minimum Gasteiger partial charge on any atom is -0.477 e. The number of halogens is 1. The monoisotopic (exact) mass is 479 g/mol. The highest BCUT2D eigenvalue weighted by Gasteiger charge is 2.41. The van der Waals surface area contributed by atoms with Crippen LogP contribution in [-0.2, 0) is 11.4 Å². The van der Waals surface area contributed by atoms with Crippen LogP contribution >= 0.6 is 0 Å². The number of hydrogen-bond acceptors (Lipinski definition) is 7. The molecule has 1 saturated heterocycles. The molecule has 1 atom stereocenters. The number of aromatic carboxylic acids is 1. The Morgan fingerprint density at radius 3 is 2.74 bits per heavy atom. The number of hydrogen-bond donors (Lipinski definition) is 2. The first-order valence-corrected chi connectivity index (χ1v) is 11.5. The zero-order valence-electron chi connectivity index (χ0n) is 19.3. The fraction of sp³-hybridized carbons (Fsp3) is 0.360. The molecule has 1 aromatic carbocycles. The van der Waals surface area contributed by atoms with Crippen molar-refractivity contribution >= 4 is 28.5 Å². The second kappa shape index (κ2) is 8.77. The minimum atomic E-state index is -1.34. The SMILES string of the molecule is CC1(CN)CN(c2nc3c(cc2F)c(=O)c(C(=O)O)cn3C2CC2)CC1=NOCc1ccccc1. The van der Waals surface area contributed by atoms with Crippen LogP contribution in [0, 0.1) is 11.2 Å². The van der Waals surface area contributed by atoms with Crippen LogP contribution in [0.2, 0.25) is 0 Å². The van der Waals surface area contributed by atoms with Crippen molar-refractivity contribution in [2.45, 2.75) is 32.4 Å². The van der Waals surface area contributed by atoms with Crippen molar-refractivity contribution in [1.82, 2.24) is 9.55 Å². The average molecular weight is 480 g/mol. The summed E-state index contributed by atoms with van der Waals surface area (Å²) in [4.78, 5) is 36.1.